The van der Waals surface area contributed by atoms with Crippen molar-refractivity contribution in [3.63, 3.8) is 0 Å². The highest BCUT2D eigenvalue weighted by molar-refractivity contribution is 6.13. The highest BCUT2D eigenvalue weighted by atomic mass is 19.3. The summed E-state index contributed by atoms with van der Waals surface area (Å²) >= 11 is 0. The van der Waals surface area contributed by atoms with Crippen LogP contribution in [0.5, 0.6) is 5.75 Å². The summed E-state index contributed by atoms with van der Waals surface area (Å²) in [7, 11) is 3.37. The maximum atomic E-state index is 15.2. The van der Waals surface area contributed by atoms with E-state index in [0.29, 0.717) is 24.5 Å². The molecule has 0 aliphatic carbocycles. The SMILES string of the molecule is COc1ccc(C(=O)Nc2cnn3c2C(=O)N(c2ccc(C(F)(F)c4ccccc4)cc2)[C@@H]2CN(C)C[C@@H]23)cc1C#N. The number of rotatable bonds is 6. The van der Waals surface area contributed by atoms with E-state index in [1.54, 1.807) is 27.8 Å². The molecule has 1 aromatic heterocycles. The number of methoxy groups -OCH3 is 1. The van der Waals surface area contributed by atoms with Crippen molar-refractivity contribution >= 4 is 23.2 Å². The first-order chi connectivity index (χ1) is 20.2. The van der Waals surface area contributed by atoms with E-state index in [4.69, 9.17) is 4.74 Å². The molecule has 0 bridgehead atoms. The number of likely N-dealkylation sites (tertiary alicyclic amines) is 1. The average molecular weight is 569 g/mol. The molecule has 6 rings (SSSR count). The normalized spacial score (nSPS) is 18.3. The zero-order valence-corrected chi connectivity index (χ0v) is 22.8. The van der Waals surface area contributed by atoms with Gasteiger partial charge < -0.3 is 19.9 Å². The molecular formula is C31H26F2N6O3. The van der Waals surface area contributed by atoms with E-state index in [0.717, 1.165) is 0 Å². The molecule has 4 aromatic rings. The quantitative estimate of drug-likeness (QED) is 0.363. The fourth-order valence-corrected chi connectivity index (χ4v) is 5.72. The van der Waals surface area contributed by atoms with Crippen molar-refractivity contribution < 1.29 is 23.1 Å². The van der Waals surface area contributed by atoms with E-state index in [-0.39, 0.29) is 45.7 Å². The average Bonchev–Trinajstić information content (AvgIpc) is 3.60. The van der Waals surface area contributed by atoms with Crippen molar-refractivity contribution in [2.75, 3.05) is 37.5 Å². The smallest absolute Gasteiger partial charge is 0.298 e. The fourth-order valence-electron chi connectivity index (χ4n) is 5.72. The number of carbonyl (C=O) groups excluding carboxylic acids is 2. The molecule has 0 unspecified atom stereocenters. The Balaban J connectivity index is 1.33. The minimum absolute atomic E-state index is 0.118. The van der Waals surface area contributed by atoms with Crippen LogP contribution in [-0.4, -0.2) is 59.8 Å². The number of alkyl halides is 2. The van der Waals surface area contributed by atoms with Crippen LogP contribution in [0, 0.1) is 11.3 Å². The molecule has 3 aromatic carbocycles. The number of nitrogens with one attached hydrogen (secondary N) is 1. The third-order valence-corrected chi connectivity index (χ3v) is 7.78. The zero-order chi connectivity index (χ0) is 29.6. The van der Waals surface area contributed by atoms with Crippen molar-refractivity contribution in [3.05, 3.63) is 107 Å². The summed E-state index contributed by atoms with van der Waals surface area (Å²) in [5.74, 6) is -3.80. The van der Waals surface area contributed by atoms with Gasteiger partial charge in [-0.25, -0.2) is 0 Å². The number of fused-ring (bicyclic) bond motifs is 3. The van der Waals surface area contributed by atoms with Crippen LogP contribution in [0.2, 0.25) is 0 Å². The summed E-state index contributed by atoms with van der Waals surface area (Å²) in [4.78, 5) is 30.9. The Morgan fingerprint density at radius 2 is 1.74 bits per heavy atom. The summed E-state index contributed by atoms with van der Waals surface area (Å²) in [5.41, 5.74) is 0.973. The first kappa shape index (κ1) is 27.1. The topological polar surface area (TPSA) is 103 Å². The molecule has 42 heavy (non-hydrogen) atoms. The van der Waals surface area contributed by atoms with E-state index in [2.05, 4.69) is 15.3 Å². The van der Waals surface area contributed by atoms with Crippen LogP contribution in [-0.2, 0) is 5.92 Å². The number of aromatic nitrogens is 2. The summed E-state index contributed by atoms with van der Waals surface area (Å²) in [6, 6.07) is 19.3. The van der Waals surface area contributed by atoms with Crippen molar-refractivity contribution in [1.29, 1.82) is 5.26 Å². The molecule has 11 heteroatoms. The van der Waals surface area contributed by atoms with Crippen LogP contribution < -0.4 is 15.0 Å². The van der Waals surface area contributed by atoms with Crippen LogP contribution in [0.1, 0.15) is 43.6 Å². The third kappa shape index (κ3) is 4.46. The van der Waals surface area contributed by atoms with Gasteiger partial charge in [0.1, 0.15) is 11.8 Å². The second kappa shape index (κ2) is 10.4. The van der Waals surface area contributed by atoms with E-state index < -0.39 is 17.7 Å². The summed E-state index contributed by atoms with van der Waals surface area (Å²) < 4.78 is 37.2. The molecule has 0 spiro atoms. The monoisotopic (exact) mass is 568 g/mol. The highest BCUT2D eigenvalue weighted by Gasteiger charge is 2.47. The first-order valence-corrected chi connectivity index (χ1v) is 13.3. The molecule has 9 nitrogen and oxygen atoms in total. The molecular weight excluding hydrogens is 542 g/mol. The van der Waals surface area contributed by atoms with Crippen molar-refractivity contribution in [1.82, 2.24) is 14.7 Å². The predicted molar refractivity (Wildman–Crippen MR) is 151 cm³/mol. The summed E-state index contributed by atoms with van der Waals surface area (Å²) in [5, 5.41) is 16.6. The van der Waals surface area contributed by atoms with Crippen LogP contribution in [0.3, 0.4) is 0 Å². The zero-order valence-electron chi connectivity index (χ0n) is 22.8. The van der Waals surface area contributed by atoms with Gasteiger partial charge in [-0.05, 0) is 37.4 Å². The van der Waals surface area contributed by atoms with Gasteiger partial charge in [0, 0.05) is 35.5 Å². The molecule has 212 valence electrons. The Kier molecular flexibility index (Phi) is 6.71. The minimum Gasteiger partial charge on any atom is -0.495 e. The number of hydrogen-bond acceptors (Lipinski definition) is 6. The molecule has 1 N–H and O–H groups in total. The van der Waals surface area contributed by atoms with E-state index in [1.165, 1.54) is 67.9 Å². The Hall–Kier alpha value is -5.08. The fraction of sp³-hybridized carbons (Fsp3) is 0.226. The molecule has 3 heterocycles. The maximum Gasteiger partial charge on any atom is 0.298 e. The van der Waals surface area contributed by atoms with Gasteiger partial charge in [-0.3, -0.25) is 14.3 Å². The lowest BCUT2D eigenvalue weighted by atomic mass is 9.99. The Labute approximate surface area is 240 Å². The first-order valence-electron chi connectivity index (χ1n) is 13.3. The second-order valence-corrected chi connectivity index (χ2v) is 10.4. The number of anilines is 2. The van der Waals surface area contributed by atoms with Gasteiger partial charge in [0.25, 0.3) is 17.7 Å². The number of amides is 2. The molecule has 1 saturated heterocycles. The van der Waals surface area contributed by atoms with Crippen molar-refractivity contribution in [2.45, 2.75) is 18.0 Å². The summed E-state index contributed by atoms with van der Waals surface area (Å²) in [6.07, 6.45) is 1.43. The van der Waals surface area contributed by atoms with Crippen LogP contribution in [0.25, 0.3) is 0 Å². The number of benzene rings is 3. The van der Waals surface area contributed by atoms with Gasteiger partial charge in [0.2, 0.25) is 0 Å². The lowest BCUT2D eigenvalue weighted by molar-refractivity contribution is 0.0428. The Bertz CT molecular complexity index is 1710. The minimum atomic E-state index is -3.20. The number of hydrogen-bond donors (Lipinski definition) is 1. The molecule has 0 saturated carbocycles. The molecule has 0 radical (unpaired) electrons. The predicted octanol–water partition coefficient (Wildman–Crippen LogP) is 4.67. The van der Waals surface area contributed by atoms with Gasteiger partial charge in [-0.1, -0.05) is 42.5 Å². The van der Waals surface area contributed by atoms with E-state index >= 15 is 8.78 Å². The van der Waals surface area contributed by atoms with Gasteiger partial charge >= 0.3 is 0 Å². The van der Waals surface area contributed by atoms with Gasteiger partial charge in [0.15, 0.2) is 5.69 Å². The number of carbonyl (C=O) groups is 2. The number of halogens is 2. The molecule has 2 aliphatic rings. The third-order valence-electron chi connectivity index (χ3n) is 7.78. The molecule has 2 atom stereocenters. The number of nitriles is 1. The van der Waals surface area contributed by atoms with Gasteiger partial charge in [-0.15, -0.1) is 0 Å². The van der Waals surface area contributed by atoms with Crippen LogP contribution in [0.15, 0.2) is 79.0 Å². The maximum absolute atomic E-state index is 15.2. The van der Waals surface area contributed by atoms with Gasteiger partial charge in [-0.2, -0.15) is 19.1 Å². The number of likely N-dealkylation sites (N-methyl/N-ethyl adjacent to an activating group) is 1. The van der Waals surface area contributed by atoms with Crippen LogP contribution >= 0.6 is 0 Å². The lowest BCUT2D eigenvalue weighted by Crippen LogP contribution is -2.51. The Morgan fingerprint density at radius 1 is 1.05 bits per heavy atom. The summed E-state index contributed by atoms with van der Waals surface area (Å²) in [6.45, 7) is 1.16. The standard InChI is InChI=1S/C31H26F2N6O3/c1-37-17-25-26(18-37)39-28(24(16-35-39)36-29(40)19-8-13-27(42-2)20(14-19)15-34)30(41)38(25)23-11-9-22(10-12-23)31(32,33)21-6-4-3-5-7-21/h3-14,16,25-26H,17-18H2,1-2H3,(H,36,40)/t25-,26+/m1/s1. The molecule has 2 amide bonds. The van der Waals surface area contributed by atoms with E-state index in [1.807, 2.05) is 13.1 Å². The highest BCUT2D eigenvalue weighted by Crippen LogP contribution is 2.40. The largest absolute Gasteiger partial charge is 0.495 e. The second-order valence-electron chi connectivity index (χ2n) is 10.4. The number of nitrogens with zero attached hydrogens (tertiary/aromatic N) is 5. The molecule has 1 fully saturated rings. The Morgan fingerprint density at radius 3 is 2.43 bits per heavy atom. The van der Waals surface area contributed by atoms with Crippen LogP contribution in [0.4, 0.5) is 20.2 Å². The van der Waals surface area contributed by atoms with Crippen molar-refractivity contribution in [3.8, 4) is 11.8 Å². The molecule has 2 aliphatic heterocycles. The van der Waals surface area contributed by atoms with E-state index in [9.17, 15) is 14.9 Å². The van der Waals surface area contributed by atoms with Gasteiger partial charge in [0.05, 0.1) is 36.6 Å². The van der Waals surface area contributed by atoms with Crippen molar-refractivity contribution in [2.24, 2.45) is 0 Å². The number of ether oxygens (including phenoxy) is 1. The lowest BCUT2D eigenvalue weighted by Gasteiger charge is -2.37.